The van der Waals surface area contributed by atoms with E-state index in [1.54, 1.807) is 41.5 Å². The largest absolute Gasteiger partial charge is 0.460 e. The molecule has 0 aromatic rings. The topological polar surface area (TPSA) is 52.6 Å². The summed E-state index contributed by atoms with van der Waals surface area (Å²) in [5.74, 6) is -0.442. The van der Waals surface area contributed by atoms with Crippen LogP contribution in [0.5, 0.6) is 0 Å². The predicted octanol–water partition coefficient (Wildman–Crippen LogP) is 6.40. The average molecular weight is 445 g/mol. The number of allylic oxidation sites excluding steroid dienone is 2. The molecule has 8 heteroatoms. The van der Waals surface area contributed by atoms with Crippen LogP contribution in [0, 0.1) is 0 Å². The summed E-state index contributed by atoms with van der Waals surface area (Å²) in [6.45, 7) is 10.7. The van der Waals surface area contributed by atoms with Crippen molar-refractivity contribution in [3.63, 3.8) is 0 Å². The van der Waals surface area contributed by atoms with Gasteiger partial charge in [-0.15, -0.1) is 23.2 Å². The Labute approximate surface area is 177 Å². The molecule has 4 nitrogen and oxygen atoms in total. The standard InChI is InChI=1S/2C10H16ClFO2/c2*1-10(2,3)14-9(13)5-4-8(6-11)7-12/h2*7H,4-6H2,1-3H3/b8-7+;. The van der Waals surface area contributed by atoms with Crippen molar-refractivity contribution in [2.45, 2.75) is 78.4 Å². The van der Waals surface area contributed by atoms with Gasteiger partial charge in [-0.25, -0.2) is 8.78 Å². The summed E-state index contributed by atoms with van der Waals surface area (Å²) in [5, 5.41) is 0. The quantitative estimate of drug-likeness (QED) is 0.320. The molecule has 0 amide bonds. The Morgan fingerprint density at radius 3 is 1.18 bits per heavy atom. The second kappa shape index (κ2) is 14.8. The van der Waals surface area contributed by atoms with Gasteiger partial charge in [0.15, 0.2) is 0 Å². The molecule has 164 valence electrons. The Bertz CT molecular complexity index is 485. The molecule has 0 aromatic carbocycles. The number of halogens is 4. The van der Waals surface area contributed by atoms with E-state index < -0.39 is 11.2 Å². The minimum absolute atomic E-state index is 0.110. The van der Waals surface area contributed by atoms with Crippen LogP contribution in [0.25, 0.3) is 0 Å². The molecule has 0 atom stereocenters. The second-order valence-electron chi connectivity index (χ2n) is 7.97. The normalized spacial score (nSPS) is 12.8. The van der Waals surface area contributed by atoms with Gasteiger partial charge in [-0.05, 0) is 65.5 Å². The monoisotopic (exact) mass is 444 g/mol. The van der Waals surface area contributed by atoms with Crippen LogP contribution < -0.4 is 0 Å². The molecule has 0 rings (SSSR count). The fraction of sp³-hybridized carbons (Fsp3) is 0.700. The molecule has 0 aliphatic rings. The van der Waals surface area contributed by atoms with E-state index in [-0.39, 0.29) is 36.5 Å². The van der Waals surface area contributed by atoms with Gasteiger partial charge in [0.2, 0.25) is 0 Å². The van der Waals surface area contributed by atoms with E-state index in [1.165, 1.54) is 0 Å². The van der Waals surface area contributed by atoms with Gasteiger partial charge in [-0.2, -0.15) is 0 Å². The number of alkyl halides is 2. The maximum atomic E-state index is 12.0. The van der Waals surface area contributed by atoms with Crippen molar-refractivity contribution in [3.05, 3.63) is 23.8 Å². The summed E-state index contributed by atoms with van der Waals surface area (Å²) in [7, 11) is 0. The van der Waals surface area contributed by atoms with Crippen LogP contribution in [-0.2, 0) is 19.1 Å². The molecule has 0 heterocycles. The van der Waals surface area contributed by atoms with Crippen LogP contribution in [0.3, 0.4) is 0 Å². The smallest absolute Gasteiger partial charge is 0.306 e. The molecule has 0 radical (unpaired) electrons. The Kier molecular flexibility index (Phi) is 15.4. The van der Waals surface area contributed by atoms with Gasteiger partial charge >= 0.3 is 11.9 Å². The van der Waals surface area contributed by atoms with Gasteiger partial charge in [-0.1, -0.05) is 0 Å². The van der Waals surface area contributed by atoms with Crippen molar-refractivity contribution in [3.8, 4) is 0 Å². The molecule has 28 heavy (non-hydrogen) atoms. The van der Waals surface area contributed by atoms with Crippen LogP contribution >= 0.6 is 23.2 Å². The van der Waals surface area contributed by atoms with Gasteiger partial charge in [0.05, 0.1) is 12.7 Å². The van der Waals surface area contributed by atoms with E-state index in [1.807, 2.05) is 0 Å². The van der Waals surface area contributed by atoms with E-state index in [4.69, 9.17) is 32.7 Å². The Hall–Kier alpha value is -1.14. The van der Waals surface area contributed by atoms with Crippen molar-refractivity contribution in [1.82, 2.24) is 0 Å². The average Bonchev–Trinajstić information content (AvgIpc) is 2.54. The molecule has 0 aliphatic carbocycles. The first-order valence-electron chi connectivity index (χ1n) is 8.89. The summed E-state index contributed by atoms with van der Waals surface area (Å²) < 4.78 is 34.2. The molecular weight excluding hydrogens is 413 g/mol. The highest BCUT2D eigenvalue weighted by atomic mass is 35.5. The maximum absolute atomic E-state index is 12.0. The highest BCUT2D eigenvalue weighted by Gasteiger charge is 2.17. The first-order valence-corrected chi connectivity index (χ1v) is 9.96. The third-order valence-electron chi connectivity index (χ3n) is 2.79. The fourth-order valence-corrected chi connectivity index (χ4v) is 2.00. The molecule has 0 N–H and O–H groups in total. The molecule has 0 aliphatic heterocycles. The van der Waals surface area contributed by atoms with Crippen molar-refractivity contribution in [1.29, 1.82) is 0 Å². The molecule has 0 saturated carbocycles. The third-order valence-corrected chi connectivity index (χ3v) is 3.48. The molecule has 0 bridgehead atoms. The molecule has 0 spiro atoms. The Morgan fingerprint density at radius 2 is 1.00 bits per heavy atom. The molecule has 0 unspecified atom stereocenters. The number of rotatable bonds is 8. The minimum Gasteiger partial charge on any atom is -0.460 e. The van der Waals surface area contributed by atoms with Gasteiger partial charge in [0, 0.05) is 24.6 Å². The van der Waals surface area contributed by atoms with Crippen molar-refractivity contribution in [2.24, 2.45) is 0 Å². The van der Waals surface area contributed by atoms with Gasteiger partial charge < -0.3 is 9.47 Å². The van der Waals surface area contributed by atoms with Crippen LogP contribution in [0.2, 0.25) is 0 Å². The number of hydrogen-bond acceptors (Lipinski definition) is 4. The molecule has 0 fully saturated rings. The third kappa shape index (κ3) is 19.6. The van der Waals surface area contributed by atoms with Gasteiger partial charge in [0.1, 0.15) is 11.2 Å². The zero-order valence-corrected chi connectivity index (χ0v) is 19.1. The van der Waals surface area contributed by atoms with Crippen molar-refractivity contribution >= 4 is 35.1 Å². The Balaban J connectivity index is 0. The summed E-state index contributed by atoms with van der Waals surface area (Å²) in [6, 6.07) is 0. The number of ether oxygens (including phenoxy) is 2. The summed E-state index contributed by atoms with van der Waals surface area (Å²) in [5.41, 5.74) is -0.148. The van der Waals surface area contributed by atoms with Crippen LogP contribution in [0.4, 0.5) is 8.78 Å². The van der Waals surface area contributed by atoms with Crippen LogP contribution in [-0.4, -0.2) is 34.9 Å². The summed E-state index contributed by atoms with van der Waals surface area (Å²) >= 11 is 10.8. The first-order chi connectivity index (χ1) is 12.8. The number of hydrogen-bond donors (Lipinski definition) is 0. The van der Waals surface area contributed by atoms with Gasteiger partial charge in [0.25, 0.3) is 0 Å². The van der Waals surface area contributed by atoms with E-state index in [2.05, 4.69) is 0 Å². The van der Waals surface area contributed by atoms with Gasteiger partial charge in [-0.3, -0.25) is 9.59 Å². The molecule has 0 saturated heterocycles. The van der Waals surface area contributed by atoms with E-state index in [0.29, 0.717) is 36.6 Å². The first kappa shape index (κ1) is 29.1. The van der Waals surface area contributed by atoms with E-state index in [0.717, 1.165) is 0 Å². The zero-order valence-electron chi connectivity index (χ0n) is 17.5. The number of esters is 2. The lowest BCUT2D eigenvalue weighted by Crippen LogP contribution is -2.23. The predicted molar refractivity (Wildman–Crippen MR) is 110 cm³/mol. The van der Waals surface area contributed by atoms with Crippen LogP contribution in [0.15, 0.2) is 23.8 Å². The zero-order chi connectivity index (χ0) is 22.4. The lowest BCUT2D eigenvalue weighted by atomic mass is 10.1. The fourth-order valence-electron chi connectivity index (χ4n) is 1.61. The second-order valence-corrected chi connectivity index (χ2v) is 8.51. The number of carbonyl (C=O) groups excluding carboxylic acids is 2. The highest BCUT2D eigenvalue weighted by Crippen LogP contribution is 2.14. The Morgan fingerprint density at radius 1 is 0.714 bits per heavy atom. The maximum Gasteiger partial charge on any atom is 0.306 e. The highest BCUT2D eigenvalue weighted by molar-refractivity contribution is 6.19. The van der Waals surface area contributed by atoms with Crippen molar-refractivity contribution < 1.29 is 27.8 Å². The van der Waals surface area contributed by atoms with Crippen LogP contribution in [0.1, 0.15) is 67.2 Å². The summed E-state index contributed by atoms with van der Waals surface area (Å²) in [4.78, 5) is 22.4. The lowest BCUT2D eigenvalue weighted by molar-refractivity contribution is -0.155. The van der Waals surface area contributed by atoms with E-state index in [9.17, 15) is 18.4 Å². The summed E-state index contributed by atoms with van der Waals surface area (Å²) in [6.07, 6.45) is 1.85. The van der Waals surface area contributed by atoms with E-state index >= 15 is 0 Å². The molecular formula is C20H32Cl2F2O4. The van der Waals surface area contributed by atoms with Crippen molar-refractivity contribution in [2.75, 3.05) is 11.8 Å². The number of carbonyl (C=O) groups is 2. The lowest BCUT2D eigenvalue weighted by Gasteiger charge is -2.19. The minimum atomic E-state index is -0.488. The molecule has 0 aromatic heterocycles. The SMILES string of the molecule is CC(C)(C)OC(=O)CC/C(=C\F)CCl.CC(C)(C)OC(=O)CCC(=CF)CCl.